The van der Waals surface area contributed by atoms with E-state index < -0.39 is 18.5 Å². The minimum absolute atomic E-state index is 0.185. The average molecular weight is 274 g/mol. The Kier molecular flexibility index (Phi) is 4.87. The van der Waals surface area contributed by atoms with Crippen LogP contribution in [0, 0.1) is 5.92 Å². The maximum Gasteiger partial charge on any atom is 0.159 e. The Balaban J connectivity index is 2.12. The standard InChI is InChI=1S/C16H18O4/c17-15(18)14(16(19)20)10-11-6-8-13(9-7-11)12-4-2-1-3-5-12/h1-9,14-20H,10H2. The van der Waals surface area contributed by atoms with Gasteiger partial charge >= 0.3 is 0 Å². The second-order valence-electron chi connectivity index (χ2n) is 4.76. The molecule has 0 saturated carbocycles. The third-order valence-electron chi connectivity index (χ3n) is 3.30. The van der Waals surface area contributed by atoms with Crippen LogP contribution in [0.3, 0.4) is 0 Å². The quantitative estimate of drug-likeness (QED) is 0.616. The van der Waals surface area contributed by atoms with Gasteiger partial charge in [0.15, 0.2) is 12.6 Å². The normalized spacial score (nSPS) is 11.6. The number of hydrogen-bond acceptors (Lipinski definition) is 4. The molecule has 0 spiro atoms. The van der Waals surface area contributed by atoms with Crippen LogP contribution in [0.4, 0.5) is 0 Å². The van der Waals surface area contributed by atoms with E-state index in [1.54, 1.807) is 0 Å². The van der Waals surface area contributed by atoms with Crippen molar-refractivity contribution in [2.45, 2.75) is 19.0 Å². The van der Waals surface area contributed by atoms with Gasteiger partial charge in [-0.15, -0.1) is 0 Å². The third kappa shape index (κ3) is 3.65. The molecule has 0 aliphatic rings. The van der Waals surface area contributed by atoms with Crippen LogP contribution in [0.25, 0.3) is 11.1 Å². The highest BCUT2D eigenvalue weighted by molar-refractivity contribution is 5.63. The van der Waals surface area contributed by atoms with Gasteiger partial charge in [0.05, 0.1) is 5.92 Å². The van der Waals surface area contributed by atoms with Gasteiger partial charge in [-0.05, 0) is 23.1 Å². The lowest BCUT2D eigenvalue weighted by Gasteiger charge is -2.20. The molecule has 20 heavy (non-hydrogen) atoms. The van der Waals surface area contributed by atoms with E-state index in [2.05, 4.69) is 0 Å². The van der Waals surface area contributed by atoms with E-state index in [1.807, 2.05) is 54.6 Å². The van der Waals surface area contributed by atoms with Crippen LogP contribution >= 0.6 is 0 Å². The zero-order valence-electron chi connectivity index (χ0n) is 10.9. The van der Waals surface area contributed by atoms with Crippen molar-refractivity contribution in [3.63, 3.8) is 0 Å². The molecule has 0 saturated heterocycles. The molecular weight excluding hydrogens is 256 g/mol. The molecule has 0 bridgehead atoms. The SMILES string of the molecule is OC(O)C(Cc1ccc(-c2ccccc2)cc1)C(O)O. The molecule has 2 aromatic rings. The van der Waals surface area contributed by atoms with Crippen LogP contribution in [-0.4, -0.2) is 33.0 Å². The lowest BCUT2D eigenvalue weighted by atomic mass is 9.96. The van der Waals surface area contributed by atoms with E-state index in [-0.39, 0.29) is 6.42 Å². The van der Waals surface area contributed by atoms with E-state index in [4.69, 9.17) is 20.4 Å². The first-order valence-corrected chi connectivity index (χ1v) is 6.44. The topological polar surface area (TPSA) is 80.9 Å². The summed E-state index contributed by atoms with van der Waals surface area (Å²) in [7, 11) is 0. The summed E-state index contributed by atoms with van der Waals surface area (Å²) in [4.78, 5) is 0. The van der Waals surface area contributed by atoms with Crippen molar-refractivity contribution in [1.29, 1.82) is 0 Å². The molecule has 4 N–H and O–H groups in total. The first-order chi connectivity index (χ1) is 9.58. The summed E-state index contributed by atoms with van der Waals surface area (Å²) in [5, 5.41) is 36.4. The van der Waals surface area contributed by atoms with Crippen molar-refractivity contribution in [2.75, 3.05) is 0 Å². The van der Waals surface area contributed by atoms with Crippen molar-refractivity contribution in [1.82, 2.24) is 0 Å². The highest BCUT2D eigenvalue weighted by atomic mass is 16.5. The van der Waals surface area contributed by atoms with Crippen molar-refractivity contribution in [3.05, 3.63) is 60.2 Å². The minimum atomic E-state index is -1.76. The Morgan fingerprint density at radius 3 is 1.65 bits per heavy atom. The summed E-state index contributed by atoms with van der Waals surface area (Å²) in [5.41, 5.74) is 2.97. The molecule has 0 atom stereocenters. The van der Waals surface area contributed by atoms with E-state index in [9.17, 15) is 0 Å². The second-order valence-corrected chi connectivity index (χ2v) is 4.76. The van der Waals surface area contributed by atoms with E-state index in [0.717, 1.165) is 16.7 Å². The molecule has 0 aromatic heterocycles. The molecule has 0 fully saturated rings. The van der Waals surface area contributed by atoms with Gasteiger partial charge in [0.25, 0.3) is 0 Å². The first-order valence-electron chi connectivity index (χ1n) is 6.44. The van der Waals surface area contributed by atoms with Crippen LogP contribution in [-0.2, 0) is 6.42 Å². The molecule has 2 rings (SSSR count). The number of aliphatic hydroxyl groups is 4. The fourth-order valence-electron chi connectivity index (χ4n) is 2.10. The van der Waals surface area contributed by atoms with Gasteiger partial charge in [-0.25, -0.2) is 0 Å². The predicted molar refractivity (Wildman–Crippen MR) is 75.5 cm³/mol. The number of hydrogen-bond donors (Lipinski definition) is 4. The van der Waals surface area contributed by atoms with Gasteiger partial charge < -0.3 is 20.4 Å². The average Bonchev–Trinajstić information content (AvgIpc) is 2.45. The summed E-state index contributed by atoms with van der Waals surface area (Å²) in [6, 6.07) is 17.4. The van der Waals surface area contributed by atoms with Crippen molar-refractivity contribution < 1.29 is 20.4 Å². The summed E-state index contributed by atoms with van der Waals surface area (Å²) in [6.45, 7) is 0. The molecule has 4 heteroatoms. The minimum Gasteiger partial charge on any atom is -0.368 e. The lowest BCUT2D eigenvalue weighted by molar-refractivity contribution is -0.177. The van der Waals surface area contributed by atoms with Gasteiger partial charge in [-0.1, -0.05) is 54.6 Å². The summed E-state index contributed by atoms with van der Waals surface area (Å²) in [6.07, 6.45) is -3.34. The fourth-order valence-corrected chi connectivity index (χ4v) is 2.10. The van der Waals surface area contributed by atoms with Gasteiger partial charge in [0.2, 0.25) is 0 Å². The monoisotopic (exact) mass is 274 g/mol. The smallest absolute Gasteiger partial charge is 0.159 e. The lowest BCUT2D eigenvalue weighted by Crippen LogP contribution is -2.33. The maximum absolute atomic E-state index is 9.11. The third-order valence-corrected chi connectivity index (χ3v) is 3.30. The molecule has 2 aromatic carbocycles. The highest BCUT2D eigenvalue weighted by Gasteiger charge is 2.24. The maximum atomic E-state index is 9.11. The summed E-state index contributed by atoms with van der Waals surface area (Å²) in [5.74, 6) is -1.02. The van der Waals surface area contributed by atoms with Crippen molar-refractivity contribution in [3.8, 4) is 11.1 Å². The Morgan fingerprint density at radius 2 is 1.15 bits per heavy atom. The van der Waals surface area contributed by atoms with Crippen LogP contribution in [0.15, 0.2) is 54.6 Å². The Hall–Kier alpha value is -1.72. The summed E-state index contributed by atoms with van der Waals surface area (Å²) >= 11 is 0. The number of aliphatic hydroxyl groups excluding tert-OH is 2. The van der Waals surface area contributed by atoms with Gasteiger partial charge in [0.1, 0.15) is 0 Å². The zero-order valence-corrected chi connectivity index (χ0v) is 10.9. The largest absolute Gasteiger partial charge is 0.368 e. The van der Waals surface area contributed by atoms with Crippen molar-refractivity contribution >= 4 is 0 Å². The van der Waals surface area contributed by atoms with Gasteiger partial charge in [0, 0.05) is 0 Å². The molecule has 4 nitrogen and oxygen atoms in total. The van der Waals surface area contributed by atoms with E-state index in [0.29, 0.717) is 0 Å². The Morgan fingerprint density at radius 1 is 0.650 bits per heavy atom. The predicted octanol–water partition coefficient (Wildman–Crippen LogP) is 1.13. The number of benzene rings is 2. The van der Waals surface area contributed by atoms with E-state index >= 15 is 0 Å². The molecule has 0 unspecified atom stereocenters. The Labute approximate surface area is 117 Å². The molecule has 0 aliphatic carbocycles. The van der Waals surface area contributed by atoms with Crippen LogP contribution in [0.5, 0.6) is 0 Å². The highest BCUT2D eigenvalue weighted by Crippen LogP contribution is 2.21. The van der Waals surface area contributed by atoms with Gasteiger partial charge in [-0.3, -0.25) is 0 Å². The first kappa shape index (κ1) is 14.7. The Bertz CT molecular complexity index is 512. The molecular formula is C16H18O4. The molecule has 0 radical (unpaired) electrons. The van der Waals surface area contributed by atoms with Crippen LogP contribution in [0.2, 0.25) is 0 Å². The second kappa shape index (κ2) is 6.63. The van der Waals surface area contributed by atoms with Gasteiger partial charge in [-0.2, -0.15) is 0 Å². The van der Waals surface area contributed by atoms with Crippen molar-refractivity contribution in [2.24, 2.45) is 5.92 Å². The molecule has 0 amide bonds. The number of rotatable bonds is 5. The molecule has 0 aliphatic heterocycles. The zero-order chi connectivity index (χ0) is 14.5. The van der Waals surface area contributed by atoms with Crippen LogP contribution < -0.4 is 0 Å². The molecule has 106 valence electrons. The summed E-state index contributed by atoms with van der Waals surface area (Å²) < 4.78 is 0. The molecule has 0 heterocycles. The van der Waals surface area contributed by atoms with Crippen LogP contribution in [0.1, 0.15) is 5.56 Å². The van der Waals surface area contributed by atoms with E-state index in [1.165, 1.54) is 0 Å². The fraction of sp³-hybridized carbons (Fsp3) is 0.250.